The molecular weight excluding hydrogens is 584 g/mol. The van der Waals surface area contributed by atoms with Crippen molar-refractivity contribution in [2.24, 2.45) is 4.99 Å². The van der Waals surface area contributed by atoms with Crippen LogP contribution in [-0.4, -0.2) is 42.2 Å². The average Bonchev–Trinajstić information content (AvgIpc) is 3.50. The lowest BCUT2D eigenvalue weighted by Gasteiger charge is -2.31. The molecule has 6 heteroatoms. The molecule has 1 aliphatic heterocycles. The SMILES string of the molecule is Cc1ccc(CCNC(=O)[C@]2(Cc3ccccc3)N=C(c3ccc(OCCCO)cc3)O[C@@H]2c2ccc(-c3ccccc3)cc2)cc1. The fourth-order valence-corrected chi connectivity index (χ4v) is 5.90. The van der Waals surface area contributed by atoms with Crippen molar-refractivity contribution >= 4 is 11.8 Å². The lowest BCUT2D eigenvalue weighted by molar-refractivity contribution is -0.128. The van der Waals surface area contributed by atoms with Gasteiger partial charge in [-0.3, -0.25) is 4.79 Å². The first-order valence-electron chi connectivity index (χ1n) is 16.2. The number of aliphatic imine (C=N–C) groups is 1. The number of aliphatic hydroxyl groups is 1. The van der Waals surface area contributed by atoms with Gasteiger partial charge >= 0.3 is 0 Å². The van der Waals surface area contributed by atoms with Gasteiger partial charge < -0.3 is 19.9 Å². The quantitative estimate of drug-likeness (QED) is 0.135. The van der Waals surface area contributed by atoms with E-state index in [9.17, 15) is 4.79 Å². The number of aryl methyl sites for hydroxylation is 1. The summed E-state index contributed by atoms with van der Waals surface area (Å²) in [6.07, 6.45) is 0.964. The number of carbonyl (C=O) groups is 1. The minimum absolute atomic E-state index is 0.0764. The Balaban J connectivity index is 1.36. The van der Waals surface area contributed by atoms with E-state index >= 15 is 0 Å². The van der Waals surface area contributed by atoms with Crippen LogP contribution in [0, 0.1) is 6.92 Å². The van der Waals surface area contributed by atoms with Crippen molar-refractivity contribution < 1.29 is 19.4 Å². The molecule has 47 heavy (non-hydrogen) atoms. The molecule has 0 saturated carbocycles. The Labute approximate surface area is 276 Å². The number of rotatable bonds is 13. The van der Waals surface area contributed by atoms with E-state index in [4.69, 9.17) is 19.6 Å². The van der Waals surface area contributed by atoms with Crippen LogP contribution in [0.4, 0.5) is 0 Å². The normalized spacial score (nSPS) is 17.1. The molecular formula is C41H40N2O4. The summed E-state index contributed by atoms with van der Waals surface area (Å²) in [7, 11) is 0. The molecule has 0 radical (unpaired) electrons. The fraction of sp³-hybridized carbons (Fsp3) is 0.220. The highest BCUT2D eigenvalue weighted by Crippen LogP contribution is 2.43. The van der Waals surface area contributed by atoms with Crippen LogP contribution in [0.3, 0.4) is 0 Å². The van der Waals surface area contributed by atoms with Crippen molar-refractivity contribution in [3.05, 3.63) is 161 Å². The van der Waals surface area contributed by atoms with Crippen LogP contribution < -0.4 is 10.1 Å². The molecule has 0 bridgehead atoms. The summed E-state index contributed by atoms with van der Waals surface area (Å²) in [6.45, 7) is 3.05. The first-order valence-corrected chi connectivity index (χ1v) is 16.2. The summed E-state index contributed by atoms with van der Waals surface area (Å²) in [5.74, 6) is 0.927. The van der Waals surface area contributed by atoms with Crippen LogP contribution in [0.1, 0.15) is 40.3 Å². The maximum Gasteiger partial charge on any atom is 0.252 e. The molecule has 1 aliphatic rings. The van der Waals surface area contributed by atoms with E-state index in [2.05, 4.69) is 60.8 Å². The monoisotopic (exact) mass is 624 g/mol. The first-order chi connectivity index (χ1) is 23.0. The lowest BCUT2D eigenvalue weighted by atomic mass is 9.81. The van der Waals surface area contributed by atoms with Gasteiger partial charge in [0.1, 0.15) is 5.75 Å². The lowest BCUT2D eigenvalue weighted by Crippen LogP contribution is -2.50. The average molecular weight is 625 g/mol. The predicted octanol–water partition coefficient (Wildman–Crippen LogP) is 7.28. The maximum atomic E-state index is 14.5. The van der Waals surface area contributed by atoms with E-state index in [1.165, 1.54) is 5.56 Å². The van der Waals surface area contributed by atoms with Crippen molar-refractivity contribution in [2.75, 3.05) is 19.8 Å². The molecule has 2 N–H and O–H groups in total. The van der Waals surface area contributed by atoms with Gasteiger partial charge in [-0.25, -0.2) is 4.99 Å². The minimum Gasteiger partial charge on any atom is -0.494 e. The van der Waals surface area contributed by atoms with E-state index in [1.807, 2.05) is 84.9 Å². The maximum absolute atomic E-state index is 14.5. The minimum atomic E-state index is -1.26. The highest BCUT2D eigenvalue weighted by atomic mass is 16.5. The van der Waals surface area contributed by atoms with Gasteiger partial charge in [-0.15, -0.1) is 0 Å². The van der Waals surface area contributed by atoms with Crippen molar-refractivity contribution in [1.82, 2.24) is 5.32 Å². The summed E-state index contributed by atoms with van der Waals surface area (Å²) in [5, 5.41) is 12.3. The summed E-state index contributed by atoms with van der Waals surface area (Å²) in [5.41, 5.74) is 5.94. The predicted molar refractivity (Wildman–Crippen MR) is 187 cm³/mol. The largest absolute Gasteiger partial charge is 0.494 e. The van der Waals surface area contributed by atoms with Crippen LogP contribution in [0.25, 0.3) is 11.1 Å². The van der Waals surface area contributed by atoms with Gasteiger partial charge in [0.25, 0.3) is 5.91 Å². The molecule has 238 valence electrons. The van der Waals surface area contributed by atoms with Gasteiger partial charge in [0, 0.05) is 31.6 Å². The van der Waals surface area contributed by atoms with E-state index in [1.54, 1.807) is 0 Å². The van der Waals surface area contributed by atoms with Gasteiger partial charge in [-0.2, -0.15) is 0 Å². The van der Waals surface area contributed by atoms with Gasteiger partial charge in [0.2, 0.25) is 5.90 Å². The molecule has 0 saturated heterocycles. The number of aliphatic hydroxyl groups excluding tert-OH is 1. The smallest absolute Gasteiger partial charge is 0.252 e. The van der Waals surface area contributed by atoms with Crippen molar-refractivity contribution in [1.29, 1.82) is 0 Å². The molecule has 0 aliphatic carbocycles. The van der Waals surface area contributed by atoms with E-state index < -0.39 is 11.6 Å². The third kappa shape index (κ3) is 7.62. The zero-order valence-corrected chi connectivity index (χ0v) is 26.6. The van der Waals surface area contributed by atoms with Crippen LogP contribution in [-0.2, 0) is 22.4 Å². The number of hydrogen-bond donors (Lipinski definition) is 2. The highest BCUT2D eigenvalue weighted by molar-refractivity contribution is 6.01. The third-order valence-corrected chi connectivity index (χ3v) is 8.49. The van der Waals surface area contributed by atoms with Crippen LogP contribution >= 0.6 is 0 Å². The number of carbonyl (C=O) groups excluding carboxylic acids is 1. The van der Waals surface area contributed by atoms with Crippen molar-refractivity contribution in [3.8, 4) is 16.9 Å². The topological polar surface area (TPSA) is 80.2 Å². The molecule has 0 fully saturated rings. The Hall–Kier alpha value is -5.20. The molecule has 5 aromatic rings. The first kappa shape index (κ1) is 31.8. The molecule has 0 spiro atoms. The molecule has 2 atom stereocenters. The molecule has 0 unspecified atom stereocenters. The van der Waals surface area contributed by atoms with Gasteiger partial charge in [0.15, 0.2) is 11.6 Å². The summed E-state index contributed by atoms with van der Waals surface area (Å²) in [6, 6.07) is 44.4. The third-order valence-electron chi connectivity index (χ3n) is 8.49. The number of amides is 1. The summed E-state index contributed by atoms with van der Waals surface area (Å²) >= 11 is 0. The number of benzene rings is 5. The van der Waals surface area contributed by atoms with E-state index in [0.29, 0.717) is 44.1 Å². The van der Waals surface area contributed by atoms with E-state index in [0.717, 1.165) is 33.4 Å². The van der Waals surface area contributed by atoms with Crippen LogP contribution in [0.15, 0.2) is 138 Å². The second-order valence-electron chi connectivity index (χ2n) is 11.9. The molecule has 0 aromatic heterocycles. The Morgan fingerprint density at radius 1 is 0.787 bits per heavy atom. The Morgan fingerprint density at radius 3 is 2.11 bits per heavy atom. The number of nitrogens with one attached hydrogen (secondary N) is 1. The van der Waals surface area contributed by atoms with Gasteiger partial charge in [-0.1, -0.05) is 115 Å². The van der Waals surface area contributed by atoms with Crippen molar-refractivity contribution in [3.63, 3.8) is 0 Å². The molecule has 1 amide bonds. The highest BCUT2D eigenvalue weighted by Gasteiger charge is 2.53. The Kier molecular flexibility index (Phi) is 10.1. The van der Waals surface area contributed by atoms with E-state index in [-0.39, 0.29) is 12.5 Å². The van der Waals surface area contributed by atoms with Gasteiger partial charge in [0.05, 0.1) is 6.61 Å². The fourth-order valence-electron chi connectivity index (χ4n) is 5.90. The summed E-state index contributed by atoms with van der Waals surface area (Å²) < 4.78 is 12.5. The molecule has 6 nitrogen and oxygen atoms in total. The number of ether oxygens (including phenoxy) is 2. The second kappa shape index (κ2) is 14.9. The molecule has 5 aromatic carbocycles. The standard InChI is InChI=1S/C41H40N2O4/c1-30-13-15-31(16-14-30)25-26-42-40(45)41(29-32-9-4-2-5-10-32)38(35-19-17-34(18-20-35)33-11-6-3-7-12-33)47-39(43-41)36-21-23-37(24-22-36)46-28-8-27-44/h2-7,9-24,38,44H,8,25-29H2,1H3,(H,42,45)/t38-,41-/m1/s1. The summed E-state index contributed by atoms with van der Waals surface area (Å²) in [4.78, 5) is 19.7. The molecule has 6 rings (SSSR count). The Bertz CT molecular complexity index is 1770. The van der Waals surface area contributed by atoms with Crippen LogP contribution in [0.5, 0.6) is 5.75 Å². The van der Waals surface area contributed by atoms with Gasteiger partial charge in [-0.05, 0) is 65.4 Å². The number of hydrogen-bond acceptors (Lipinski definition) is 5. The molecule has 1 heterocycles. The zero-order valence-electron chi connectivity index (χ0n) is 26.6. The number of nitrogens with zero attached hydrogens (tertiary/aromatic N) is 1. The second-order valence-corrected chi connectivity index (χ2v) is 11.9. The van der Waals surface area contributed by atoms with Crippen molar-refractivity contribution in [2.45, 2.75) is 37.8 Å². The zero-order chi connectivity index (χ0) is 32.5. The van der Waals surface area contributed by atoms with Crippen LogP contribution in [0.2, 0.25) is 0 Å². The Morgan fingerprint density at radius 2 is 1.43 bits per heavy atom.